The zero-order valence-electron chi connectivity index (χ0n) is 11.2. The average Bonchev–Trinajstić information content (AvgIpc) is 2.26. The minimum absolute atomic E-state index is 0. The molecular formula is C13H28Cl2N2. The number of hydrogen-bond donors (Lipinski definition) is 1. The van der Waals surface area contributed by atoms with Crippen LogP contribution < -0.4 is 5.32 Å². The Morgan fingerprint density at radius 3 is 2.47 bits per heavy atom. The third-order valence-corrected chi connectivity index (χ3v) is 4.02. The van der Waals surface area contributed by atoms with Crippen LogP contribution in [0.1, 0.15) is 46.0 Å². The second-order valence-electron chi connectivity index (χ2n) is 5.56. The predicted octanol–water partition coefficient (Wildman–Crippen LogP) is 3.09. The molecule has 0 amide bonds. The molecule has 4 heteroatoms. The number of nitrogens with one attached hydrogen (secondary N) is 1. The summed E-state index contributed by atoms with van der Waals surface area (Å²) in [6.45, 7) is 8.47. The molecule has 104 valence electrons. The molecule has 0 spiro atoms. The van der Waals surface area contributed by atoms with E-state index in [0.29, 0.717) is 6.04 Å². The zero-order chi connectivity index (χ0) is 10.7. The summed E-state index contributed by atoms with van der Waals surface area (Å²) in [4.78, 5) is 2.75. The maximum absolute atomic E-state index is 3.62. The van der Waals surface area contributed by atoms with E-state index in [9.17, 15) is 0 Å². The monoisotopic (exact) mass is 282 g/mol. The van der Waals surface area contributed by atoms with Crippen LogP contribution in [0.15, 0.2) is 0 Å². The Labute approximate surface area is 119 Å². The van der Waals surface area contributed by atoms with Crippen LogP contribution >= 0.6 is 24.8 Å². The van der Waals surface area contributed by atoms with Crippen molar-refractivity contribution in [3.63, 3.8) is 0 Å². The molecule has 0 radical (unpaired) electrons. The number of halogens is 2. The Kier molecular flexibility index (Phi) is 8.83. The van der Waals surface area contributed by atoms with E-state index in [1.165, 1.54) is 51.7 Å². The van der Waals surface area contributed by atoms with Crippen molar-refractivity contribution in [3.8, 4) is 0 Å². The maximum Gasteiger partial charge on any atom is 0.0136 e. The van der Waals surface area contributed by atoms with Gasteiger partial charge in [0.15, 0.2) is 0 Å². The SMILES string of the molecule is CC(C)NC[C@@H]1CCCN2CCCC[C@H]12.Cl.Cl. The lowest BCUT2D eigenvalue weighted by Gasteiger charge is -2.44. The molecule has 0 bridgehead atoms. The van der Waals surface area contributed by atoms with Gasteiger partial charge in [-0.05, 0) is 51.2 Å². The summed E-state index contributed by atoms with van der Waals surface area (Å²) in [6, 6.07) is 1.54. The highest BCUT2D eigenvalue weighted by molar-refractivity contribution is 5.85. The van der Waals surface area contributed by atoms with Gasteiger partial charge in [-0.25, -0.2) is 0 Å². The molecule has 2 rings (SSSR count). The first-order valence-corrected chi connectivity index (χ1v) is 6.75. The first-order chi connectivity index (χ1) is 7.27. The number of piperidine rings is 2. The number of rotatable bonds is 3. The molecule has 0 saturated carbocycles. The highest BCUT2D eigenvalue weighted by Gasteiger charge is 2.32. The van der Waals surface area contributed by atoms with Crippen molar-refractivity contribution in [1.29, 1.82) is 0 Å². The lowest BCUT2D eigenvalue weighted by Crippen LogP contribution is -2.51. The second-order valence-corrected chi connectivity index (χ2v) is 5.56. The fourth-order valence-electron chi connectivity index (χ4n) is 3.20. The van der Waals surface area contributed by atoms with Gasteiger partial charge in [0, 0.05) is 12.1 Å². The molecule has 2 saturated heterocycles. The van der Waals surface area contributed by atoms with Crippen LogP contribution in [0, 0.1) is 5.92 Å². The Morgan fingerprint density at radius 1 is 1.06 bits per heavy atom. The quantitative estimate of drug-likeness (QED) is 0.856. The van der Waals surface area contributed by atoms with Crippen molar-refractivity contribution in [3.05, 3.63) is 0 Å². The molecule has 2 aliphatic rings. The first kappa shape index (κ1) is 17.5. The van der Waals surface area contributed by atoms with Gasteiger partial charge in [-0.2, -0.15) is 0 Å². The lowest BCUT2D eigenvalue weighted by atomic mass is 9.83. The maximum atomic E-state index is 3.62. The second kappa shape index (κ2) is 8.58. The van der Waals surface area contributed by atoms with E-state index < -0.39 is 0 Å². The predicted molar refractivity (Wildman–Crippen MR) is 79.6 cm³/mol. The molecular weight excluding hydrogens is 255 g/mol. The van der Waals surface area contributed by atoms with Crippen LogP contribution in [0.2, 0.25) is 0 Å². The molecule has 2 heterocycles. The van der Waals surface area contributed by atoms with E-state index >= 15 is 0 Å². The van der Waals surface area contributed by atoms with Crippen molar-refractivity contribution in [1.82, 2.24) is 10.2 Å². The Morgan fingerprint density at radius 2 is 1.76 bits per heavy atom. The van der Waals surface area contributed by atoms with Gasteiger partial charge in [-0.3, -0.25) is 0 Å². The van der Waals surface area contributed by atoms with E-state index in [2.05, 4.69) is 24.1 Å². The van der Waals surface area contributed by atoms with Crippen LogP contribution in [0.5, 0.6) is 0 Å². The molecule has 17 heavy (non-hydrogen) atoms. The summed E-state index contributed by atoms with van der Waals surface area (Å²) in [6.07, 6.45) is 7.20. The normalized spacial score (nSPS) is 29.1. The van der Waals surface area contributed by atoms with E-state index in [0.717, 1.165) is 12.0 Å². The molecule has 0 aromatic heterocycles. The third kappa shape index (κ3) is 4.94. The molecule has 0 aliphatic carbocycles. The highest BCUT2D eigenvalue weighted by atomic mass is 35.5. The average molecular weight is 283 g/mol. The Bertz CT molecular complexity index is 198. The fourth-order valence-corrected chi connectivity index (χ4v) is 3.20. The van der Waals surface area contributed by atoms with Gasteiger partial charge in [0.25, 0.3) is 0 Å². The summed E-state index contributed by atoms with van der Waals surface area (Å²) >= 11 is 0. The molecule has 0 unspecified atom stereocenters. The molecule has 0 aromatic rings. The minimum Gasteiger partial charge on any atom is -0.314 e. The van der Waals surface area contributed by atoms with Crippen molar-refractivity contribution in [2.24, 2.45) is 5.92 Å². The molecule has 2 fully saturated rings. The van der Waals surface area contributed by atoms with Crippen LogP contribution in [-0.2, 0) is 0 Å². The molecule has 0 aromatic carbocycles. The zero-order valence-corrected chi connectivity index (χ0v) is 12.8. The lowest BCUT2D eigenvalue weighted by molar-refractivity contribution is 0.0587. The topological polar surface area (TPSA) is 15.3 Å². The van der Waals surface area contributed by atoms with Crippen molar-refractivity contribution >= 4 is 24.8 Å². The number of nitrogens with zero attached hydrogens (tertiary/aromatic N) is 1. The molecule has 2 aliphatic heterocycles. The molecule has 2 nitrogen and oxygen atoms in total. The van der Waals surface area contributed by atoms with Gasteiger partial charge in [0.05, 0.1) is 0 Å². The van der Waals surface area contributed by atoms with Gasteiger partial charge in [0.1, 0.15) is 0 Å². The summed E-state index contributed by atoms with van der Waals surface area (Å²) in [5.41, 5.74) is 0. The summed E-state index contributed by atoms with van der Waals surface area (Å²) in [5.74, 6) is 0.918. The van der Waals surface area contributed by atoms with Crippen LogP contribution in [0.25, 0.3) is 0 Å². The van der Waals surface area contributed by atoms with E-state index in [1.54, 1.807) is 0 Å². The van der Waals surface area contributed by atoms with Gasteiger partial charge in [-0.15, -0.1) is 24.8 Å². The van der Waals surface area contributed by atoms with Crippen LogP contribution in [0.3, 0.4) is 0 Å². The van der Waals surface area contributed by atoms with E-state index in [-0.39, 0.29) is 24.8 Å². The summed E-state index contributed by atoms with van der Waals surface area (Å²) in [5, 5.41) is 3.62. The van der Waals surface area contributed by atoms with Gasteiger partial charge < -0.3 is 10.2 Å². The first-order valence-electron chi connectivity index (χ1n) is 6.75. The third-order valence-electron chi connectivity index (χ3n) is 4.02. The van der Waals surface area contributed by atoms with Crippen molar-refractivity contribution in [2.75, 3.05) is 19.6 Å². The minimum atomic E-state index is 0. The standard InChI is InChI=1S/C13H26N2.2ClH/c1-11(2)14-10-12-6-5-9-15-8-4-3-7-13(12)15;;/h11-14H,3-10H2,1-2H3;2*1H/t12-,13+;;/m0../s1. The summed E-state index contributed by atoms with van der Waals surface area (Å²) < 4.78 is 0. The van der Waals surface area contributed by atoms with Crippen LogP contribution in [0.4, 0.5) is 0 Å². The Balaban J connectivity index is 0.00000128. The van der Waals surface area contributed by atoms with Gasteiger partial charge in [0.2, 0.25) is 0 Å². The van der Waals surface area contributed by atoms with Crippen LogP contribution in [-0.4, -0.2) is 36.6 Å². The van der Waals surface area contributed by atoms with Crippen molar-refractivity contribution < 1.29 is 0 Å². The number of fused-ring (bicyclic) bond motifs is 1. The van der Waals surface area contributed by atoms with E-state index in [1.807, 2.05) is 0 Å². The van der Waals surface area contributed by atoms with E-state index in [4.69, 9.17) is 0 Å². The van der Waals surface area contributed by atoms with Gasteiger partial charge in [-0.1, -0.05) is 20.3 Å². The largest absolute Gasteiger partial charge is 0.314 e. The van der Waals surface area contributed by atoms with Crippen molar-refractivity contribution in [2.45, 2.75) is 58.0 Å². The number of hydrogen-bond acceptors (Lipinski definition) is 2. The smallest absolute Gasteiger partial charge is 0.0136 e. The molecule has 1 N–H and O–H groups in total. The fraction of sp³-hybridized carbons (Fsp3) is 1.00. The molecule has 2 atom stereocenters. The summed E-state index contributed by atoms with van der Waals surface area (Å²) in [7, 11) is 0. The van der Waals surface area contributed by atoms with Gasteiger partial charge >= 0.3 is 0 Å². The highest BCUT2D eigenvalue weighted by Crippen LogP contribution is 2.30. The Hall–Kier alpha value is 0.500.